The molecule has 0 spiro atoms. The van der Waals surface area contributed by atoms with Crippen molar-refractivity contribution < 1.29 is 9.15 Å². The van der Waals surface area contributed by atoms with Gasteiger partial charge in [0.15, 0.2) is 0 Å². The van der Waals surface area contributed by atoms with Crippen molar-refractivity contribution in [1.29, 1.82) is 0 Å². The minimum Gasteiger partial charge on any atom is -0.469 e. The maximum Gasteiger partial charge on any atom is 0.108 e. The molecule has 1 aliphatic rings. The molecule has 1 aromatic heterocycles. The van der Waals surface area contributed by atoms with E-state index in [0.29, 0.717) is 18.0 Å². The van der Waals surface area contributed by atoms with Crippen molar-refractivity contribution in [2.75, 3.05) is 13.2 Å². The maximum absolute atomic E-state index is 5.58. The zero-order chi connectivity index (χ0) is 13.0. The third-order valence-corrected chi connectivity index (χ3v) is 3.77. The molecule has 0 radical (unpaired) electrons. The molecule has 0 aromatic carbocycles. The van der Waals surface area contributed by atoms with Crippen LogP contribution in [-0.2, 0) is 11.2 Å². The van der Waals surface area contributed by atoms with E-state index in [1.165, 1.54) is 18.4 Å². The Balaban J connectivity index is 2.00. The average molecular weight is 251 g/mol. The Morgan fingerprint density at radius 2 is 2.33 bits per heavy atom. The molecule has 0 saturated heterocycles. The van der Waals surface area contributed by atoms with Crippen molar-refractivity contribution in [3.05, 3.63) is 23.7 Å². The van der Waals surface area contributed by atoms with Crippen molar-refractivity contribution in [3.8, 4) is 0 Å². The number of rotatable bonds is 6. The fourth-order valence-electron chi connectivity index (χ4n) is 2.60. The molecule has 0 bridgehead atoms. The molecule has 1 aliphatic carbocycles. The summed E-state index contributed by atoms with van der Waals surface area (Å²) in [6.07, 6.45) is 5.30. The number of fused-ring (bicyclic) bond motifs is 1. The zero-order valence-corrected chi connectivity index (χ0v) is 11.7. The van der Waals surface area contributed by atoms with E-state index in [9.17, 15) is 0 Å². The lowest BCUT2D eigenvalue weighted by molar-refractivity contribution is 0.102. The molecular weight excluding hydrogens is 226 g/mol. The van der Waals surface area contributed by atoms with E-state index >= 15 is 0 Å². The van der Waals surface area contributed by atoms with Crippen molar-refractivity contribution in [2.45, 2.75) is 52.1 Å². The van der Waals surface area contributed by atoms with E-state index in [2.05, 4.69) is 25.2 Å². The lowest BCUT2D eigenvalue weighted by atomic mass is 9.91. The van der Waals surface area contributed by atoms with Crippen molar-refractivity contribution >= 4 is 0 Å². The molecule has 18 heavy (non-hydrogen) atoms. The highest BCUT2D eigenvalue weighted by atomic mass is 16.5. The second kappa shape index (κ2) is 6.39. The highest BCUT2D eigenvalue weighted by molar-refractivity contribution is 5.24. The maximum atomic E-state index is 5.58. The normalized spacial score (nSPS) is 21.0. The largest absolute Gasteiger partial charge is 0.469 e. The van der Waals surface area contributed by atoms with Gasteiger partial charge in [0.2, 0.25) is 0 Å². The van der Waals surface area contributed by atoms with E-state index in [4.69, 9.17) is 9.15 Å². The molecule has 0 aliphatic heterocycles. The smallest absolute Gasteiger partial charge is 0.108 e. The lowest BCUT2D eigenvalue weighted by Gasteiger charge is -2.30. The summed E-state index contributed by atoms with van der Waals surface area (Å²) in [4.78, 5) is 0. The highest BCUT2D eigenvalue weighted by Crippen LogP contribution is 2.31. The summed E-state index contributed by atoms with van der Waals surface area (Å²) in [5, 5.41) is 3.75. The third kappa shape index (κ3) is 3.15. The molecule has 0 amide bonds. The topological polar surface area (TPSA) is 34.4 Å². The van der Waals surface area contributed by atoms with E-state index < -0.39 is 0 Å². The van der Waals surface area contributed by atoms with E-state index in [1.54, 1.807) is 0 Å². The fraction of sp³-hybridized carbons (Fsp3) is 0.733. The van der Waals surface area contributed by atoms with Gasteiger partial charge in [0.25, 0.3) is 0 Å². The fourth-order valence-corrected chi connectivity index (χ4v) is 2.60. The summed E-state index contributed by atoms with van der Waals surface area (Å²) in [7, 11) is 0. The minimum atomic E-state index is 0.413. The number of furan rings is 1. The molecule has 1 N–H and O–H groups in total. The third-order valence-electron chi connectivity index (χ3n) is 3.77. The number of ether oxygens (including phenoxy) is 1. The molecule has 1 heterocycles. The van der Waals surface area contributed by atoms with E-state index in [0.717, 1.165) is 25.4 Å². The molecule has 102 valence electrons. The van der Waals surface area contributed by atoms with Crippen LogP contribution in [0.1, 0.15) is 51.0 Å². The van der Waals surface area contributed by atoms with Crippen molar-refractivity contribution in [3.63, 3.8) is 0 Å². The summed E-state index contributed by atoms with van der Waals surface area (Å²) in [5.74, 6) is 1.74. The molecule has 0 saturated carbocycles. The monoisotopic (exact) mass is 251 g/mol. The van der Waals surface area contributed by atoms with Crippen LogP contribution in [0.3, 0.4) is 0 Å². The molecule has 3 heteroatoms. The van der Waals surface area contributed by atoms with Crippen LogP contribution in [0.25, 0.3) is 0 Å². The molecular formula is C15H25NO2. The molecule has 0 fully saturated rings. The van der Waals surface area contributed by atoms with Crippen LogP contribution in [0.5, 0.6) is 0 Å². The Morgan fingerprint density at radius 3 is 3.06 bits per heavy atom. The minimum absolute atomic E-state index is 0.413. The molecule has 1 aromatic rings. The van der Waals surface area contributed by atoms with Crippen LogP contribution in [0.2, 0.25) is 0 Å². The molecule has 2 unspecified atom stereocenters. The summed E-state index contributed by atoms with van der Waals surface area (Å²) in [6, 6.07) is 2.96. The Labute approximate surface area is 110 Å². The van der Waals surface area contributed by atoms with Crippen LogP contribution in [0, 0.1) is 5.92 Å². The number of aryl methyl sites for hydroxylation is 1. The zero-order valence-electron chi connectivity index (χ0n) is 11.7. The second-order valence-corrected chi connectivity index (χ2v) is 5.42. The van der Waals surface area contributed by atoms with Crippen LogP contribution < -0.4 is 5.32 Å². The highest BCUT2D eigenvalue weighted by Gasteiger charge is 2.25. The lowest BCUT2D eigenvalue weighted by Crippen LogP contribution is -2.41. The predicted molar refractivity (Wildman–Crippen MR) is 72.6 cm³/mol. The number of hydrogen-bond donors (Lipinski definition) is 1. The van der Waals surface area contributed by atoms with Crippen molar-refractivity contribution in [1.82, 2.24) is 5.32 Å². The van der Waals surface area contributed by atoms with Crippen LogP contribution in [0.15, 0.2) is 16.7 Å². The quantitative estimate of drug-likeness (QED) is 0.842. The van der Waals surface area contributed by atoms with Gasteiger partial charge >= 0.3 is 0 Å². The Bertz CT molecular complexity index is 359. The Kier molecular flexibility index (Phi) is 4.84. The summed E-state index contributed by atoms with van der Waals surface area (Å²) >= 11 is 0. The average Bonchev–Trinajstić information content (AvgIpc) is 2.83. The first kappa shape index (κ1) is 13.6. The number of hydrogen-bond acceptors (Lipinski definition) is 3. The standard InChI is InChI=1S/C15H25NO2/c1-4-17-10-14(11(2)3)16-13-6-5-7-15-12(13)8-9-18-15/h8-9,11,13-14,16H,4-7,10H2,1-3H3. The second-order valence-electron chi connectivity index (χ2n) is 5.42. The van der Waals surface area contributed by atoms with Gasteiger partial charge in [-0.1, -0.05) is 13.8 Å². The van der Waals surface area contributed by atoms with Gasteiger partial charge in [-0.2, -0.15) is 0 Å². The molecule has 2 atom stereocenters. The Hall–Kier alpha value is -0.800. The van der Waals surface area contributed by atoms with Crippen LogP contribution in [0.4, 0.5) is 0 Å². The van der Waals surface area contributed by atoms with Gasteiger partial charge in [-0.25, -0.2) is 0 Å². The Morgan fingerprint density at radius 1 is 1.50 bits per heavy atom. The van der Waals surface area contributed by atoms with Gasteiger partial charge < -0.3 is 14.5 Å². The van der Waals surface area contributed by atoms with Gasteiger partial charge in [0.1, 0.15) is 5.76 Å². The van der Waals surface area contributed by atoms with Gasteiger partial charge in [-0.05, 0) is 31.7 Å². The number of nitrogens with one attached hydrogen (secondary N) is 1. The van der Waals surface area contributed by atoms with Crippen LogP contribution in [-0.4, -0.2) is 19.3 Å². The first-order valence-corrected chi connectivity index (χ1v) is 7.12. The van der Waals surface area contributed by atoms with Gasteiger partial charge in [-0.15, -0.1) is 0 Å². The van der Waals surface area contributed by atoms with E-state index in [1.807, 2.05) is 13.2 Å². The summed E-state index contributed by atoms with van der Waals surface area (Å²) in [5.41, 5.74) is 1.35. The molecule has 3 nitrogen and oxygen atoms in total. The van der Waals surface area contributed by atoms with E-state index in [-0.39, 0.29) is 0 Å². The van der Waals surface area contributed by atoms with Crippen molar-refractivity contribution in [2.24, 2.45) is 5.92 Å². The predicted octanol–water partition coefficient (Wildman–Crippen LogP) is 3.31. The molecule has 2 rings (SSSR count). The first-order valence-electron chi connectivity index (χ1n) is 7.12. The van der Waals surface area contributed by atoms with Gasteiger partial charge in [0.05, 0.1) is 12.9 Å². The van der Waals surface area contributed by atoms with Crippen LogP contribution >= 0.6 is 0 Å². The summed E-state index contributed by atoms with van der Waals surface area (Å²) < 4.78 is 11.1. The summed E-state index contributed by atoms with van der Waals surface area (Å²) in [6.45, 7) is 8.11. The van der Waals surface area contributed by atoms with Gasteiger partial charge in [0, 0.05) is 30.7 Å². The SMILES string of the molecule is CCOCC(NC1CCCc2occc21)C(C)C. The van der Waals surface area contributed by atoms with Gasteiger partial charge in [-0.3, -0.25) is 0 Å². The first-order chi connectivity index (χ1) is 8.72.